The van der Waals surface area contributed by atoms with E-state index >= 15 is 0 Å². The Hall–Kier alpha value is -1.93. The van der Waals surface area contributed by atoms with Gasteiger partial charge in [-0.2, -0.15) is 0 Å². The Bertz CT molecular complexity index is 590. The van der Waals surface area contributed by atoms with E-state index in [2.05, 4.69) is 10.3 Å². The minimum atomic E-state index is -0.565. The lowest BCUT2D eigenvalue weighted by atomic mass is 10.3. The Morgan fingerprint density at radius 2 is 2.17 bits per heavy atom. The van der Waals surface area contributed by atoms with E-state index in [9.17, 15) is 9.59 Å². The number of hydrogen-bond acceptors (Lipinski definition) is 6. The minimum absolute atomic E-state index is 0.115. The predicted octanol–water partition coefficient (Wildman–Crippen LogP) is 1.07. The molecule has 0 aliphatic rings. The van der Waals surface area contributed by atoms with Gasteiger partial charge in [0, 0.05) is 5.38 Å². The van der Waals surface area contributed by atoms with Crippen molar-refractivity contribution >= 4 is 44.6 Å². The number of carbonyl (C=O) groups excluding carboxylic acids is 2. The molecule has 0 aliphatic carbocycles. The third-order valence-corrected chi connectivity index (χ3v) is 3.65. The number of carbonyl (C=O) groups is 2. The molecule has 0 spiro atoms. The molecule has 2 heterocycles. The van der Waals surface area contributed by atoms with Gasteiger partial charge in [0.25, 0.3) is 5.91 Å². The highest BCUT2D eigenvalue weighted by Gasteiger charge is 2.13. The summed E-state index contributed by atoms with van der Waals surface area (Å²) in [5.41, 5.74) is 11.6. The highest BCUT2D eigenvalue weighted by molar-refractivity contribution is 7.14. The minimum Gasteiger partial charge on any atom is -0.375 e. The number of hydrogen-bond donors (Lipinski definition) is 3. The van der Waals surface area contributed by atoms with Gasteiger partial charge in [0.2, 0.25) is 5.91 Å². The highest BCUT2D eigenvalue weighted by Crippen LogP contribution is 2.23. The Balaban J connectivity index is 2.03. The molecule has 18 heavy (non-hydrogen) atoms. The molecule has 0 aromatic carbocycles. The first-order valence-electron chi connectivity index (χ1n) is 4.93. The molecule has 94 valence electrons. The summed E-state index contributed by atoms with van der Waals surface area (Å²) in [6.07, 6.45) is 0.115. The number of anilines is 2. The molecule has 2 amide bonds. The van der Waals surface area contributed by atoms with Crippen molar-refractivity contribution in [2.45, 2.75) is 6.42 Å². The normalized spacial score (nSPS) is 10.2. The van der Waals surface area contributed by atoms with Gasteiger partial charge < -0.3 is 16.8 Å². The molecule has 2 rings (SSSR count). The lowest BCUT2D eigenvalue weighted by molar-refractivity contribution is -0.115. The summed E-state index contributed by atoms with van der Waals surface area (Å²) < 4.78 is 0. The number of thiazole rings is 1. The van der Waals surface area contributed by atoms with Crippen molar-refractivity contribution in [2.75, 3.05) is 11.1 Å². The largest absolute Gasteiger partial charge is 0.375 e. The first-order chi connectivity index (χ1) is 8.56. The van der Waals surface area contributed by atoms with E-state index in [1.165, 1.54) is 22.7 Å². The Morgan fingerprint density at radius 1 is 1.39 bits per heavy atom. The lowest BCUT2D eigenvalue weighted by Gasteiger charge is -2.02. The van der Waals surface area contributed by atoms with Gasteiger partial charge in [0.05, 0.1) is 17.7 Å². The molecule has 5 N–H and O–H groups in total. The molecule has 0 saturated heterocycles. The second-order valence-electron chi connectivity index (χ2n) is 3.43. The van der Waals surface area contributed by atoms with Crippen molar-refractivity contribution in [3.05, 3.63) is 28.1 Å². The zero-order valence-electron chi connectivity index (χ0n) is 9.17. The Morgan fingerprint density at radius 3 is 2.78 bits per heavy atom. The average molecular weight is 282 g/mol. The number of nitrogens with one attached hydrogen (secondary N) is 1. The van der Waals surface area contributed by atoms with Crippen LogP contribution < -0.4 is 16.8 Å². The van der Waals surface area contributed by atoms with Crippen LogP contribution >= 0.6 is 22.7 Å². The number of rotatable bonds is 4. The van der Waals surface area contributed by atoms with Gasteiger partial charge in [-0.3, -0.25) is 9.59 Å². The van der Waals surface area contributed by atoms with Gasteiger partial charge in [-0.05, 0) is 11.4 Å². The number of nitrogen functional groups attached to an aromatic ring is 1. The molecule has 0 unspecified atom stereocenters. The van der Waals surface area contributed by atoms with Crippen molar-refractivity contribution in [3.63, 3.8) is 0 Å². The van der Waals surface area contributed by atoms with Crippen molar-refractivity contribution in [1.82, 2.24) is 4.98 Å². The van der Waals surface area contributed by atoms with Crippen LogP contribution in [0.2, 0.25) is 0 Å². The molecule has 0 radical (unpaired) electrons. The second kappa shape index (κ2) is 5.15. The summed E-state index contributed by atoms with van der Waals surface area (Å²) in [4.78, 5) is 26.8. The maximum absolute atomic E-state index is 11.7. The lowest BCUT2D eigenvalue weighted by Crippen LogP contribution is -2.18. The molecule has 0 fully saturated rings. The summed E-state index contributed by atoms with van der Waals surface area (Å²) in [7, 11) is 0. The zero-order chi connectivity index (χ0) is 13.1. The maximum Gasteiger partial charge on any atom is 0.251 e. The first-order valence-corrected chi connectivity index (χ1v) is 6.69. The number of aromatic nitrogens is 1. The molecule has 2 aromatic heterocycles. The van der Waals surface area contributed by atoms with E-state index in [1.807, 2.05) is 0 Å². The maximum atomic E-state index is 11.7. The van der Waals surface area contributed by atoms with Gasteiger partial charge in [0.15, 0.2) is 5.13 Å². The van der Waals surface area contributed by atoms with Crippen LogP contribution in [-0.4, -0.2) is 16.8 Å². The average Bonchev–Trinajstić information content (AvgIpc) is 2.87. The molecular formula is C10H10N4O2S2. The van der Waals surface area contributed by atoms with Crippen molar-refractivity contribution in [1.29, 1.82) is 0 Å². The summed E-state index contributed by atoms with van der Waals surface area (Å²) in [5.74, 6) is -0.824. The topological polar surface area (TPSA) is 111 Å². The van der Waals surface area contributed by atoms with Gasteiger partial charge in [-0.25, -0.2) is 4.98 Å². The number of thiophene rings is 1. The Labute approximate surface area is 111 Å². The van der Waals surface area contributed by atoms with Crippen LogP contribution in [-0.2, 0) is 11.2 Å². The molecule has 6 nitrogen and oxygen atoms in total. The standard InChI is InChI=1S/C10H10N4O2S2/c11-8(16)6-1-2-17-9(6)14-7(15)3-5-4-18-10(12)13-5/h1-2,4H,3H2,(H2,11,16)(H2,12,13)(H,14,15). The van der Waals surface area contributed by atoms with Crippen LogP contribution in [0.4, 0.5) is 10.1 Å². The third-order valence-electron chi connectivity index (χ3n) is 2.09. The highest BCUT2D eigenvalue weighted by atomic mass is 32.1. The van der Waals surface area contributed by atoms with E-state index < -0.39 is 5.91 Å². The molecule has 0 saturated carbocycles. The number of primary amides is 1. The molecule has 8 heteroatoms. The van der Waals surface area contributed by atoms with Gasteiger partial charge >= 0.3 is 0 Å². The van der Waals surface area contributed by atoms with Crippen LogP contribution in [0.15, 0.2) is 16.8 Å². The van der Waals surface area contributed by atoms with Crippen molar-refractivity contribution in [3.8, 4) is 0 Å². The fourth-order valence-electron chi connectivity index (χ4n) is 1.34. The van der Waals surface area contributed by atoms with Crippen molar-refractivity contribution in [2.24, 2.45) is 5.73 Å². The summed E-state index contributed by atoms with van der Waals surface area (Å²) in [6.45, 7) is 0. The fourth-order valence-corrected chi connectivity index (χ4v) is 2.71. The number of nitrogens with zero attached hydrogens (tertiary/aromatic N) is 1. The zero-order valence-corrected chi connectivity index (χ0v) is 10.8. The van der Waals surface area contributed by atoms with E-state index in [0.717, 1.165) is 0 Å². The monoisotopic (exact) mass is 282 g/mol. The summed E-state index contributed by atoms with van der Waals surface area (Å²) in [6, 6.07) is 1.57. The molecule has 0 atom stereocenters. The van der Waals surface area contributed by atoms with E-state index in [4.69, 9.17) is 11.5 Å². The molecule has 2 aromatic rings. The van der Waals surface area contributed by atoms with Gasteiger partial charge in [-0.15, -0.1) is 22.7 Å². The quantitative estimate of drug-likeness (QED) is 0.778. The van der Waals surface area contributed by atoms with Gasteiger partial charge in [-0.1, -0.05) is 0 Å². The van der Waals surface area contributed by atoms with Crippen LogP contribution in [0.1, 0.15) is 16.1 Å². The summed E-state index contributed by atoms with van der Waals surface area (Å²) in [5, 5.41) is 6.92. The SMILES string of the molecule is NC(=O)c1ccsc1NC(=O)Cc1csc(N)n1. The smallest absolute Gasteiger partial charge is 0.251 e. The molecule has 0 aliphatic heterocycles. The number of nitrogens with two attached hydrogens (primary N) is 2. The second-order valence-corrected chi connectivity index (χ2v) is 5.24. The number of amides is 2. The van der Waals surface area contributed by atoms with E-state index in [0.29, 0.717) is 21.4 Å². The molecular weight excluding hydrogens is 272 g/mol. The van der Waals surface area contributed by atoms with Crippen LogP contribution in [0.5, 0.6) is 0 Å². The van der Waals surface area contributed by atoms with Crippen LogP contribution in [0, 0.1) is 0 Å². The molecule has 0 bridgehead atoms. The van der Waals surface area contributed by atoms with Crippen LogP contribution in [0.3, 0.4) is 0 Å². The fraction of sp³-hybridized carbons (Fsp3) is 0.100. The Kier molecular flexibility index (Phi) is 3.58. The van der Waals surface area contributed by atoms with E-state index in [-0.39, 0.29) is 12.3 Å². The van der Waals surface area contributed by atoms with E-state index in [1.54, 1.807) is 16.8 Å². The van der Waals surface area contributed by atoms with Crippen molar-refractivity contribution < 1.29 is 9.59 Å². The summed E-state index contributed by atoms with van der Waals surface area (Å²) >= 11 is 2.52. The van der Waals surface area contributed by atoms with Gasteiger partial charge in [0.1, 0.15) is 5.00 Å². The third kappa shape index (κ3) is 2.84. The first kappa shape index (κ1) is 12.5. The predicted molar refractivity (Wildman–Crippen MR) is 71.7 cm³/mol. The van der Waals surface area contributed by atoms with Crippen LogP contribution in [0.25, 0.3) is 0 Å².